The van der Waals surface area contributed by atoms with E-state index in [-0.39, 0.29) is 11.8 Å². The molecule has 0 unspecified atom stereocenters. The minimum Gasteiger partial charge on any atom is -0.461 e. The molecule has 0 aromatic heterocycles. The smallest absolute Gasteiger partial charge is 0.251 e. The molecule has 150 valence electrons. The van der Waals surface area contributed by atoms with E-state index in [1.165, 1.54) is 0 Å². The molecule has 5 rings (SSSR count). The molecule has 0 saturated carbocycles. The van der Waals surface area contributed by atoms with Gasteiger partial charge in [-0.3, -0.25) is 4.79 Å². The van der Waals surface area contributed by atoms with Crippen molar-refractivity contribution in [1.82, 2.24) is 5.01 Å². The molecule has 2 aliphatic heterocycles. The average molecular weight is 482 g/mol. The number of carbonyl (C=O) groups excluding carboxylic acids is 1. The largest absolute Gasteiger partial charge is 0.461 e. The lowest BCUT2D eigenvalue weighted by atomic mass is 9.95. The summed E-state index contributed by atoms with van der Waals surface area (Å²) in [5.41, 5.74) is 4.61. The molecule has 0 bridgehead atoms. The lowest BCUT2D eigenvalue weighted by Gasteiger charge is -2.37. The fourth-order valence-electron chi connectivity index (χ4n) is 3.91. The number of Topliss-reactive ketones (excluding diaryl/α,β-unsaturated/α-hetero) is 1. The number of hydrogen-bond acceptors (Lipinski definition) is 4. The molecule has 0 saturated heterocycles. The van der Waals surface area contributed by atoms with Crippen molar-refractivity contribution in [2.24, 2.45) is 5.10 Å². The molecular weight excluding hydrogens is 464 g/mol. The monoisotopic (exact) mass is 480 g/mol. The van der Waals surface area contributed by atoms with Crippen LogP contribution in [0.1, 0.15) is 39.5 Å². The number of carbonyl (C=O) groups is 1. The van der Waals surface area contributed by atoms with Crippen molar-refractivity contribution < 1.29 is 9.53 Å². The van der Waals surface area contributed by atoms with E-state index in [9.17, 15) is 4.79 Å². The molecule has 4 nitrogen and oxygen atoms in total. The molecule has 3 aromatic carbocycles. The summed E-state index contributed by atoms with van der Waals surface area (Å²) in [6, 6.07) is 21.0. The minimum atomic E-state index is -0.820. The maximum Gasteiger partial charge on any atom is 0.251 e. The summed E-state index contributed by atoms with van der Waals surface area (Å²) in [4.78, 5) is 13.4. The summed E-state index contributed by atoms with van der Waals surface area (Å²) in [6.45, 7) is 2.00. The van der Waals surface area contributed by atoms with Gasteiger partial charge in [-0.25, -0.2) is 5.01 Å². The van der Waals surface area contributed by atoms with Crippen LogP contribution in [0.2, 0.25) is 5.02 Å². The van der Waals surface area contributed by atoms with E-state index >= 15 is 0 Å². The second-order valence-electron chi connectivity index (χ2n) is 7.54. The highest BCUT2D eigenvalue weighted by Gasteiger charge is 2.43. The van der Waals surface area contributed by atoms with Crippen LogP contribution in [0.3, 0.4) is 0 Å². The second-order valence-corrected chi connectivity index (χ2v) is 8.89. The Morgan fingerprint density at radius 1 is 1.10 bits per heavy atom. The molecule has 2 atom stereocenters. The van der Waals surface area contributed by atoms with Crippen LogP contribution in [0.25, 0.3) is 0 Å². The number of rotatable bonds is 3. The third-order valence-electron chi connectivity index (χ3n) is 5.49. The summed E-state index contributed by atoms with van der Waals surface area (Å²) < 4.78 is 7.16. The predicted molar refractivity (Wildman–Crippen MR) is 121 cm³/mol. The number of ketones is 1. The number of hydrazone groups is 1. The molecule has 2 aliphatic rings. The minimum absolute atomic E-state index is 0.106. The molecule has 0 radical (unpaired) electrons. The van der Waals surface area contributed by atoms with Crippen molar-refractivity contribution in [3.63, 3.8) is 0 Å². The summed E-state index contributed by atoms with van der Waals surface area (Å²) >= 11 is 9.74. The summed E-state index contributed by atoms with van der Waals surface area (Å²) in [7, 11) is 0. The van der Waals surface area contributed by atoms with Crippen molar-refractivity contribution in [2.75, 3.05) is 0 Å². The topological polar surface area (TPSA) is 41.9 Å². The Bertz CT molecular complexity index is 1160. The molecule has 2 heterocycles. The van der Waals surface area contributed by atoms with E-state index in [1.54, 1.807) is 11.1 Å². The fourth-order valence-corrected chi connectivity index (χ4v) is 4.35. The van der Waals surface area contributed by atoms with E-state index in [1.807, 2.05) is 67.6 Å². The molecular formula is C24H18BrClN2O2. The highest BCUT2D eigenvalue weighted by atomic mass is 79.9. The molecule has 30 heavy (non-hydrogen) atoms. The van der Waals surface area contributed by atoms with Crippen molar-refractivity contribution in [3.8, 4) is 5.75 Å². The number of nitrogens with zero attached hydrogens (tertiary/aromatic N) is 2. The van der Waals surface area contributed by atoms with Gasteiger partial charge in [-0.15, -0.1) is 0 Å². The number of fused-ring (bicyclic) bond motifs is 3. The number of ether oxygens (including phenoxy) is 1. The Kier molecular flexibility index (Phi) is 4.88. The van der Waals surface area contributed by atoms with Gasteiger partial charge in [0, 0.05) is 27.0 Å². The zero-order chi connectivity index (χ0) is 20.8. The van der Waals surface area contributed by atoms with Crippen molar-refractivity contribution in [2.45, 2.75) is 25.6 Å². The van der Waals surface area contributed by atoms with Crippen LogP contribution in [-0.4, -0.2) is 22.7 Å². The number of aryl methyl sites for hydroxylation is 1. The third kappa shape index (κ3) is 3.42. The fraction of sp³-hybridized carbons (Fsp3) is 0.167. The van der Waals surface area contributed by atoms with Gasteiger partial charge < -0.3 is 4.74 Å². The molecule has 0 aliphatic carbocycles. The third-order valence-corrected chi connectivity index (χ3v) is 6.25. The van der Waals surface area contributed by atoms with Gasteiger partial charge in [-0.05, 0) is 42.8 Å². The van der Waals surface area contributed by atoms with Gasteiger partial charge in [0.2, 0.25) is 5.78 Å². The van der Waals surface area contributed by atoms with Gasteiger partial charge >= 0.3 is 0 Å². The lowest BCUT2D eigenvalue weighted by Crippen LogP contribution is -2.45. The van der Waals surface area contributed by atoms with Crippen LogP contribution in [0.15, 0.2) is 76.3 Å². The summed E-state index contributed by atoms with van der Waals surface area (Å²) in [5, 5.41) is 7.26. The Morgan fingerprint density at radius 3 is 2.57 bits per heavy atom. The van der Waals surface area contributed by atoms with Crippen molar-refractivity contribution >= 4 is 39.0 Å². The predicted octanol–water partition coefficient (Wildman–Crippen LogP) is 6.16. The highest BCUT2D eigenvalue weighted by molar-refractivity contribution is 9.10. The first-order valence-corrected chi connectivity index (χ1v) is 10.9. The molecule has 6 heteroatoms. The number of halogens is 2. The number of hydrogen-bond donors (Lipinski definition) is 0. The maximum atomic E-state index is 13.4. The first kappa shape index (κ1) is 19.3. The van der Waals surface area contributed by atoms with E-state index in [2.05, 4.69) is 15.9 Å². The van der Waals surface area contributed by atoms with Crippen molar-refractivity contribution in [3.05, 3.63) is 98.5 Å². The molecule has 3 aromatic rings. The maximum absolute atomic E-state index is 13.4. The van der Waals surface area contributed by atoms with Gasteiger partial charge in [0.1, 0.15) is 5.75 Å². The van der Waals surface area contributed by atoms with Gasteiger partial charge in [0.25, 0.3) is 6.23 Å². The second kappa shape index (κ2) is 7.56. The molecule has 0 fully saturated rings. The summed E-state index contributed by atoms with van der Waals surface area (Å²) in [5.74, 6) is 0.569. The van der Waals surface area contributed by atoms with Crippen LogP contribution >= 0.6 is 27.5 Å². The Labute approximate surface area is 188 Å². The Hall–Kier alpha value is -2.63. The number of benzene rings is 3. The quantitative estimate of drug-likeness (QED) is 0.421. The van der Waals surface area contributed by atoms with Crippen LogP contribution in [0.5, 0.6) is 5.75 Å². The zero-order valence-corrected chi connectivity index (χ0v) is 18.5. The first-order valence-electron chi connectivity index (χ1n) is 9.68. The molecule has 0 N–H and O–H groups in total. The van der Waals surface area contributed by atoms with Crippen LogP contribution < -0.4 is 4.74 Å². The van der Waals surface area contributed by atoms with Crippen LogP contribution in [0.4, 0.5) is 0 Å². The standard InChI is InChI=1S/C24H18BrClN2O2/c1-14-2-4-16(5-3-14)23(29)24-28-21(19-12-18(26)10-11-22(19)30-24)13-20(27-28)15-6-8-17(25)9-7-15/h2-12,21,24H,13H2,1H3/t21-,24-/m1/s1. The van der Waals surface area contributed by atoms with Crippen molar-refractivity contribution in [1.29, 1.82) is 0 Å². The average Bonchev–Trinajstić information content (AvgIpc) is 3.19. The Morgan fingerprint density at radius 2 is 1.83 bits per heavy atom. The van der Waals surface area contributed by atoms with Crippen LogP contribution in [0, 0.1) is 6.92 Å². The van der Waals surface area contributed by atoms with E-state index in [0.29, 0.717) is 22.8 Å². The van der Waals surface area contributed by atoms with Gasteiger partial charge in [-0.2, -0.15) is 5.10 Å². The Balaban J connectivity index is 1.57. The van der Waals surface area contributed by atoms with Gasteiger partial charge in [-0.1, -0.05) is 69.5 Å². The van der Waals surface area contributed by atoms with E-state index < -0.39 is 6.23 Å². The molecule has 0 spiro atoms. The van der Waals surface area contributed by atoms with E-state index in [4.69, 9.17) is 21.4 Å². The van der Waals surface area contributed by atoms with Gasteiger partial charge in [0.15, 0.2) is 0 Å². The highest BCUT2D eigenvalue weighted by Crippen LogP contribution is 2.44. The lowest BCUT2D eigenvalue weighted by molar-refractivity contribution is -0.00455. The normalized spacial score (nSPS) is 19.6. The van der Waals surface area contributed by atoms with E-state index in [0.717, 1.165) is 26.9 Å². The van der Waals surface area contributed by atoms with Crippen LogP contribution in [-0.2, 0) is 0 Å². The van der Waals surface area contributed by atoms with Gasteiger partial charge in [0.05, 0.1) is 11.8 Å². The zero-order valence-electron chi connectivity index (χ0n) is 16.2. The SMILES string of the molecule is Cc1ccc(C(=O)[C@H]2Oc3ccc(Cl)cc3[C@H]3CC(c4ccc(Br)cc4)=NN23)cc1. The summed E-state index contributed by atoms with van der Waals surface area (Å²) in [6.07, 6.45) is -0.143. The molecule has 0 amide bonds. The first-order chi connectivity index (χ1) is 14.5.